The van der Waals surface area contributed by atoms with Crippen LogP contribution in [0.2, 0.25) is 0 Å². The van der Waals surface area contributed by atoms with Crippen molar-refractivity contribution in [1.82, 2.24) is 5.32 Å². The molecule has 2 fully saturated rings. The Morgan fingerprint density at radius 3 is 1.34 bits per heavy atom. The molecule has 2 aliphatic rings. The lowest BCUT2D eigenvalue weighted by Crippen LogP contribution is -2.65. The molecule has 458 valence electrons. The van der Waals surface area contributed by atoms with Crippen molar-refractivity contribution < 1.29 is 64.6 Å². The fourth-order valence-electron chi connectivity index (χ4n) is 10.1. The fourth-order valence-corrected chi connectivity index (χ4v) is 10.1. The first-order chi connectivity index (χ1) is 38.6. The first-order valence-corrected chi connectivity index (χ1v) is 31.7. The quantitative estimate of drug-likeness (QED) is 0.0204. The van der Waals surface area contributed by atoms with E-state index in [1.54, 1.807) is 6.08 Å². The third kappa shape index (κ3) is 35.2. The van der Waals surface area contributed by atoms with Crippen molar-refractivity contribution in [2.45, 2.75) is 312 Å². The van der Waals surface area contributed by atoms with Crippen LogP contribution in [0.25, 0.3) is 0 Å². The topological polar surface area (TPSA) is 228 Å². The van der Waals surface area contributed by atoms with Crippen molar-refractivity contribution >= 4 is 5.91 Å². The SMILES string of the molecule is CC/C=C\C/C=C\C/C=C\C/C=C\C/C=C\CCCCCCCCCCCCCCCC(=O)NC(COC1OC(CO)C(OC2OC(CO)C(O)C(O)C2O)C(O)C1O)C(O)/C=C/CCCCCCCCCCCCCCCC. The number of aliphatic hydroxyl groups is 8. The molecule has 2 rings (SSSR count). The molecule has 2 heterocycles. The number of ether oxygens (including phenoxy) is 4. The Labute approximate surface area is 478 Å². The molecule has 14 heteroatoms. The van der Waals surface area contributed by atoms with E-state index < -0.39 is 86.8 Å². The summed E-state index contributed by atoms with van der Waals surface area (Å²) in [7, 11) is 0. The van der Waals surface area contributed by atoms with Gasteiger partial charge in [-0.3, -0.25) is 4.79 Å². The number of aliphatic hydroxyl groups excluding tert-OH is 8. The van der Waals surface area contributed by atoms with Gasteiger partial charge < -0.3 is 65.1 Å². The standard InChI is InChI=1S/C65H115NO13/c1-3-5-7-9-11-13-15-17-19-21-22-23-24-25-26-27-28-29-30-31-32-33-35-37-39-41-43-45-47-49-57(70)66-53(54(69)48-46-44-42-40-38-36-34-20-18-16-14-12-10-8-6-4-2)52-76-64-62(75)60(73)63(56(51-68)78-64)79-65-61(74)59(72)58(71)55(50-67)77-65/h5,7,11,13,17,19,22-23,25-26,46,48,53-56,58-65,67-69,71-75H,3-4,6,8-10,12,14-16,18,20-21,24,27-45,47,49-52H2,1-2H3,(H,66,70)/b7-5-,13-11-,19-17-,23-22-,26-25-,48-46+. The molecule has 1 amide bonds. The third-order valence-corrected chi connectivity index (χ3v) is 15.1. The molecule has 79 heavy (non-hydrogen) atoms. The Hall–Kier alpha value is -2.57. The number of rotatable bonds is 50. The predicted octanol–water partition coefficient (Wildman–Crippen LogP) is 11.5. The van der Waals surface area contributed by atoms with E-state index in [9.17, 15) is 45.6 Å². The van der Waals surface area contributed by atoms with Gasteiger partial charge in [0.15, 0.2) is 12.6 Å². The van der Waals surface area contributed by atoms with E-state index in [4.69, 9.17) is 18.9 Å². The zero-order valence-electron chi connectivity index (χ0n) is 49.3. The summed E-state index contributed by atoms with van der Waals surface area (Å²) < 4.78 is 22.8. The second-order valence-corrected chi connectivity index (χ2v) is 22.2. The van der Waals surface area contributed by atoms with Gasteiger partial charge in [0.25, 0.3) is 0 Å². The van der Waals surface area contributed by atoms with E-state index in [1.807, 2.05) is 6.08 Å². The van der Waals surface area contributed by atoms with Crippen molar-refractivity contribution in [1.29, 1.82) is 0 Å². The summed E-state index contributed by atoms with van der Waals surface area (Å²) in [6.07, 6.45) is 49.4. The maximum absolute atomic E-state index is 13.3. The zero-order chi connectivity index (χ0) is 57.4. The number of hydrogen-bond acceptors (Lipinski definition) is 13. The lowest BCUT2D eigenvalue weighted by molar-refractivity contribution is -0.359. The molecule has 0 spiro atoms. The molecule has 0 aliphatic carbocycles. The Balaban J connectivity index is 1.70. The van der Waals surface area contributed by atoms with E-state index in [2.05, 4.69) is 79.9 Å². The number of carbonyl (C=O) groups is 1. The van der Waals surface area contributed by atoms with Crippen molar-refractivity contribution in [3.05, 3.63) is 72.9 Å². The maximum Gasteiger partial charge on any atom is 0.220 e. The van der Waals surface area contributed by atoms with Crippen molar-refractivity contribution in [2.75, 3.05) is 19.8 Å². The number of allylic oxidation sites excluding steroid dienone is 11. The van der Waals surface area contributed by atoms with Crippen LogP contribution in [0.1, 0.15) is 239 Å². The molecule has 12 atom stereocenters. The van der Waals surface area contributed by atoms with E-state index >= 15 is 0 Å². The van der Waals surface area contributed by atoms with Crippen molar-refractivity contribution in [2.24, 2.45) is 0 Å². The number of amides is 1. The Kier molecular flexibility index (Phi) is 45.9. The van der Waals surface area contributed by atoms with Crippen LogP contribution >= 0.6 is 0 Å². The van der Waals surface area contributed by atoms with Gasteiger partial charge in [-0.25, -0.2) is 0 Å². The largest absolute Gasteiger partial charge is 0.394 e. The Morgan fingerprint density at radius 2 is 0.873 bits per heavy atom. The van der Waals surface area contributed by atoms with Gasteiger partial charge in [-0.15, -0.1) is 0 Å². The van der Waals surface area contributed by atoms with Crippen LogP contribution in [-0.4, -0.2) is 140 Å². The smallest absolute Gasteiger partial charge is 0.220 e. The van der Waals surface area contributed by atoms with Crippen LogP contribution in [0.5, 0.6) is 0 Å². The number of nitrogens with one attached hydrogen (secondary N) is 1. The number of carbonyl (C=O) groups excluding carboxylic acids is 1. The van der Waals surface area contributed by atoms with Crippen LogP contribution in [0.3, 0.4) is 0 Å². The van der Waals surface area contributed by atoms with Gasteiger partial charge in [-0.05, 0) is 64.2 Å². The zero-order valence-corrected chi connectivity index (χ0v) is 49.3. The van der Waals surface area contributed by atoms with Crippen LogP contribution in [0.15, 0.2) is 72.9 Å². The van der Waals surface area contributed by atoms with E-state index in [0.717, 1.165) is 77.0 Å². The second kappa shape index (κ2) is 50.0. The minimum Gasteiger partial charge on any atom is -0.394 e. The summed E-state index contributed by atoms with van der Waals surface area (Å²) in [5.74, 6) is -0.242. The van der Waals surface area contributed by atoms with Crippen LogP contribution in [-0.2, 0) is 23.7 Å². The maximum atomic E-state index is 13.3. The molecule has 0 aromatic carbocycles. The van der Waals surface area contributed by atoms with Gasteiger partial charge in [0, 0.05) is 6.42 Å². The molecular weight excluding hydrogens is 1000 g/mol. The average molecular weight is 1120 g/mol. The lowest BCUT2D eigenvalue weighted by atomic mass is 9.97. The van der Waals surface area contributed by atoms with Crippen molar-refractivity contribution in [3.63, 3.8) is 0 Å². The van der Waals surface area contributed by atoms with Gasteiger partial charge >= 0.3 is 0 Å². The minimum absolute atomic E-state index is 0.242. The van der Waals surface area contributed by atoms with E-state index in [1.165, 1.54) is 135 Å². The van der Waals surface area contributed by atoms with E-state index in [0.29, 0.717) is 6.42 Å². The van der Waals surface area contributed by atoms with Gasteiger partial charge in [0.1, 0.15) is 48.8 Å². The van der Waals surface area contributed by atoms with Gasteiger partial charge in [0.2, 0.25) is 5.91 Å². The third-order valence-electron chi connectivity index (χ3n) is 15.1. The Morgan fingerprint density at radius 1 is 0.468 bits per heavy atom. The van der Waals surface area contributed by atoms with Crippen molar-refractivity contribution in [3.8, 4) is 0 Å². The molecule has 0 aromatic heterocycles. The normalized spacial score (nSPS) is 24.9. The molecule has 2 aliphatic heterocycles. The molecule has 12 unspecified atom stereocenters. The van der Waals surface area contributed by atoms with Crippen LogP contribution < -0.4 is 5.32 Å². The van der Waals surface area contributed by atoms with Crippen LogP contribution in [0, 0.1) is 0 Å². The van der Waals surface area contributed by atoms with Crippen LogP contribution in [0.4, 0.5) is 0 Å². The van der Waals surface area contributed by atoms with Gasteiger partial charge in [0.05, 0.1) is 32.0 Å². The minimum atomic E-state index is -1.79. The van der Waals surface area contributed by atoms with Gasteiger partial charge in [-0.1, -0.05) is 241 Å². The number of unbranched alkanes of at least 4 members (excludes halogenated alkanes) is 27. The molecule has 0 saturated carbocycles. The molecule has 0 aromatic rings. The first kappa shape index (κ1) is 72.5. The highest BCUT2D eigenvalue weighted by Crippen LogP contribution is 2.30. The molecule has 9 N–H and O–H groups in total. The molecule has 0 bridgehead atoms. The monoisotopic (exact) mass is 1120 g/mol. The first-order valence-electron chi connectivity index (χ1n) is 31.7. The molecule has 2 saturated heterocycles. The summed E-state index contributed by atoms with van der Waals surface area (Å²) in [4.78, 5) is 13.3. The highest BCUT2D eigenvalue weighted by Gasteiger charge is 2.51. The lowest BCUT2D eigenvalue weighted by Gasteiger charge is -2.46. The predicted molar refractivity (Wildman–Crippen MR) is 318 cm³/mol. The summed E-state index contributed by atoms with van der Waals surface area (Å²) in [5, 5.41) is 87.2. The van der Waals surface area contributed by atoms with Gasteiger partial charge in [-0.2, -0.15) is 0 Å². The Bertz CT molecular complexity index is 1600. The summed E-state index contributed by atoms with van der Waals surface area (Å²) in [6, 6.07) is -0.918. The molecule has 14 nitrogen and oxygen atoms in total. The summed E-state index contributed by atoms with van der Waals surface area (Å²) in [6.45, 7) is 2.69. The molecule has 0 radical (unpaired) electrons. The average Bonchev–Trinajstić information content (AvgIpc) is 3.48. The highest BCUT2D eigenvalue weighted by atomic mass is 16.7. The summed E-state index contributed by atoms with van der Waals surface area (Å²) in [5.41, 5.74) is 0. The summed E-state index contributed by atoms with van der Waals surface area (Å²) >= 11 is 0. The van der Waals surface area contributed by atoms with E-state index in [-0.39, 0.29) is 18.9 Å². The second-order valence-electron chi connectivity index (χ2n) is 22.2. The fraction of sp³-hybridized carbons (Fsp3) is 0.800. The molecular formula is C65H115NO13. The highest BCUT2D eigenvalue weighted by molar-refractivity contribution is 5.76. The number of hydrogen-bond donors (Lipinski definition) is 9.